The van der Waals surface area contributed by atoms with E-state index < -0.39 is 49.1 Å². The Labute approximate surface area is 194 Å². The van der Waals surface area contributed by atoms with Crippen LogP contribution in [0.3, 0.4) is 0 Å². The third kappa shape index (κ3) is 4.40. The molecule has 0 aliphatic carbocycles. The van der Waals surface area contributed by atoms with Crippen LogP contribution in [-0.4, -0.2) is 97.9 Å². The fraction of sp³-hybridized carbons (Fsp3) is 0.435. The lowest BCUT2D eigenvalue weighted by Gasteiger charge is -2.36. The molecule has 8 atom stereocenters. The summed E-state index contributed by atoms with van der Waals surface area (Å²) in [6.07, 6.45) is -9.27. The van der Waals surface area contributed by atoms with Crippen LogP contribution >= 0.6 is 0 Å². The largest absolute Gasteiger partial charge is 0.388 e. The number of aliphatic hydroxyl groups is 6. The number of nitrogens with one attached hydrogen (secondary N) is 2. The molecule has 0 radical (unpaired) electrons. The van der Waals surface area contributed by atoms with E-state index in [9.17, 15) is 30.6 Å². The van der Waals surface area contributed by atoms with Gasteiger partial charge < -0.3 is 50.7 Å². The summed E-state index contributed by atoms with van der Waals surface area (Å²) in [6, 6.07) is 12.9. The molecule has 34 heavy (non-hydrogen) atoms. The predicted octanol–water partition coefficient (Wildman–Crippen LogP) is -0.910. The van der Waals surface area contributed by atoms with Crippen molar-refractivity contribution >= 4 is 33.2 Å². The van der Waals surface area contributed by atoms with E-state index in [2.05, 4.69) is 10.6 Å². The highest BCUT2D eigenvalue weighted by molar-refractivity contribution is 5.95. The molecule has 2 fully saturated rings. The average Bonchev–Trinajstić information content (AvgIpc) is 2.83. The molecule has 0 spiro atoms. The number of rotatable bonds is 4. The zero-order chi connectivity index (χ0) is 24.0. The van der Waals surface area contributed by atoms with Crippen LogP contribution in [0.2, 0.25) is 0 Å². The van der Waals surface area contributed by atoms with E-state index in [4.69, 9.17) is 14.5 Å². The summed E-state index contributed by atoms with van der Waals surface area (Å²) in [4.78, 5) is 4.71. The van der Waals surface area contributed by atoms with Crippen molar-refractivity contribution in [2.24, 2.45) is 0 Å². The monoisotopic (exact) mass is 473 g/mol. The number of nitrogens with zero attached hydrogens (tertiary/aromatic N) is 1. The molecule has 1 aromatic heterocycles. The maximum atomic E-state index is 10.2. The summed E-state index contributed by atoms with van der Waals surface area (Å²) in [5.74, 6) is 0. The zero-order valence-electron chi connectivity index (χ0n) is 18.0. The minimum Gasteiger partial charge on any atom is -0.388 e. The first kappa shape index (κ1) is 23.1. The van der Waals surface area contributed by atoms with E-state index in [-0.39, 0.29) is 13.2 Å². The summed E-state index contributed by atoms with van der Waals surface area (Å²) in [6.45, 7) is -0.199. The predicted molar refractivity (Wildman–Crippen MR) is 122 cm³/mol. The van der Waals surface area contributed by atoms with Crippen molar-refractivity contribution in [3.05, 3.63) is 42.5 Å². The fourth-order valence-electron chi connectivity index (χ4n) is 4.20. The number of aliphatic hydroxyl groups excluding tert-OH is 6. The van der Waals surface area contributed by atoms with Gasteiger partial charge in [0.1, 0.15) is 36.6 Å². The Morgan fingerprint density at radius 2 is 1.06 bits per heavy atom. The number of anilines is 2. The summed E-state index contributed by atoms with van der Waals surface area (Å²) in [7, 11) is 0. The number of benzene rings is 2. The van der Waals surface area contributed by atoms with Crippen molar-refractivity contribution < 1.29 is 40.1 Å². The highest BCUT2D eigenvalue weighted by atomic mass is 16.5. The molecular weight excluding hydrogens is 446 g/mol. The van der Waals surface area contributed by atoms with Gasteiger partial charge in [0.25, 0.3) is 0 Å². The molecule has 182 valence electrons. The summed E-state index contributed by atoms with van der Waals surface area (Å²) in [5, 5.41) is 67.1. The van der Waals surface area contributed by atoms with Gasteiger partial charge in [0.05, 0.1) is 24.2 Å². The first-order valence-electron chi connectivity index (χ1n) is 11.0. The Morgan fingerprint density at radius 1 is 0.618 bits per heavy atom. The van der Waals surface area contributed by atoms with Crippen molar-refractivity contribution in [2.45, 2.75) is 49.1 Å². The molecule has 0 saturated carbocycles. The van der Waals surface area contributed by atoms with Crippen molar-refractivity contribution in [1.29, 1.82) is 0 Å². The number of fused-ring (bicyclic) bond motifs is 2. The van der Waals surface area contributed by atoms with Crippen molar-refractivity contribution in [3.8, 4) is 0 Å². The smallest absolute Gasteiger partial charge is 0.156 e. The van der Waals surface area contributed by atoms with Crippen LogP contribution in [-0.2, 0) is 9.47 Å². The summed E-state index contributed by atoms with van der Waals surface area (Å²) < 4.78 is 10.8. The molecule has 3 aromatic rings. The molecule has 3 heterocycles. The van der Waals surface area contributed by atoms with Gasteiger partial charge in [-0.1, -0.05) is 12.1 Å². The van der Waals surface area contributed by atoms with Gasteiger partial charge in [-0.05, 0) is 30.3 Å². The Balaban J connectivity index is 1.37. The first-order chi connectivity index (χ1) is 16.3. The second-order valence-corrected chi connectivity index (χ2v) is 8.70. The van der Waals surface area contributed by atoms with Gasteiger partial charge in [0.2, 0.25) is 0 Å². The van der Waals surface area contributed by atoms with Gasteiger partial charge in [-0.2, -0.15) is 0 Å². The normalized spacial score (nSPS) is 34.3. The van der Waals surface area contributed by atoms with Crippen LogP contribution in [0.5, 0.6) is 0 Å². The minimum absolute atomic E-state index is 0.0997. The van der Waals surface area contributed by atoms with Gasteiger partial charge in [-0.15, -0.1) is 0 Å². The second-order valence-electron chi connectivity index (χ2n) is 8.70. The van der Waals surface area contributed by atoms with Gasteiger partial charge in [-0.25, -0.2) is 4.98 Å². The van der Waals surface area contributed by atoms with Gasteiger partial charge in [-0.3, -0.25) is 0 Å². The number of pyridine rings is 1. The summed E-state index contributed by atoms with van der Waals surface area (Å²) in [5.41, 5.74) is 2.58. The molecule has 2 saturated heterocycles. The third-order valence-corrected chi connectivity index (χ3v) is 6.23. The van der Waals surface area contributed by atoms with Crippen LogP contribution in [0.25, 0.3) is 21.8 Å². The van der Waals surface area contributed by atoms with Crippen LogP contribution in [0.1, 0.15) is 0 Å². The quantitative estimate of drug-likeness (QED) is 0.220. The van der Waals surface area contributed by atoms with Gasteiger partial charge >= 0.3 is 0 Å². The average molecular weight is 473 g/mol. The molecule has 2 aliphatic heterocycles. The lowest BCUT2D eigenvalue weighted by Crippen LogP contribution is -2.55. The molecule has 0 amide bonds. The molecule has 5 rings (SSSR count). The Bertz CT molecular complexity index is 1090. The van der Waals surface area contributed by atoms with E-state index in [1.54, 1.807) is 24.3 Å². The zero-order valence-corrected chi connectivity index (χ0v) is 18.0. The standard InChI is InChI=1S/C23H27N3O8/c27-16-8-33-22(20(31)18(16)29)24-12-3-1-10-5-11-2-4-13(7-15(11)26-14(10)6-12)25-23-21(32)19(30)17(28)9-34-23/h1-7,16-25,27-32H,8-9H2/t16-,17-,18-,19-,20-,21-,22-,23-/m1/s1. The van der Waals surface area contributed by atoms with Crippen molar-refractivity contribution in [2.75, 3.05) is 23.8 Å². The lowest BCUT2D eigenvalue weighted by atomic mass is 10.0. The van der Waals surface area contributed by atoms with E-state index >= 15 is 0 Å². The lowest BCUT2D eigenvalue weighted by molar-refractivity contribution is -0.178. The van der Waals surface area contributed by atoms with Crippen LogP contribution in [0.4, 0.5) is 11.4 Å². The fourth-order valence-corrected chi connectivity index (χ4v) is 4.20. The molecule has 11 nitrogen and oxygen atoms in total. The Hall–Kier alpha value is -2.61. The van der Waals surface area contributed by atoms with Gasteiger partial charge in [0.15, 0.2) is 12.5 Å². The number of hydrogen-bond acceptors (Lipinski definition) is 11. The molecular formula is C23H27N3O8. The SMILES string of the molecule is O[C@@H]1[C@H](O)[C@H](O)CO[C@H]1Nc1ccc2cc3ccc(N[C@@H]4OC[C@@H](O)[C@@H](O)[C@H]4O)cc3nc2c1. The van der Waals surface area contributed by atoms with Crippen molar-refractivity contribution in [3.63, 3.8) is 0 Å². The van der Waals surface area contributed by atoms with E-state index in [0.717, 1.165) is 10.8 Å². The first-order valence-corrected chi connectivity index (χ1v) is 11.0. The molecule has 8 N–H and O–H groups in total. The molecule has 11 heteroatoms. The molecule has 0 bridgehead atoms. The van der Waals surface area contributed by atoms with Crippen LogP contribution in [0, 0.1) is 0 Å². The van der Waals surface area contributed by atoms with Crippen molar-refractivity contribution in [1.82, 2.24) is 4.98 Å². The minimum atomic E-state index is -1.31. The topological polar surface area (TPSA) is 177 Å². The van der Waals surface area contributed by atoms with Crippen LogP contribution in [0.15, 0.2) is 42.5 Å². The third-order valence-electron chi connectivity index (χ3n) is 6.23. The van der Waals surface area contributed by atoms with E-state index in [1.807, 2.05) is 18.2 Å². The Kier molecular flexibility index (Phi) is 6.27. The number of hydrogen-bond donors (Lipinski definition) is 8. The highest BCUT2D eigenvalue weighted by Gasteiger charge is 2.38. The van der Waals surface area contributed by atoms with E-state index in [1.165, 1.54) is 0 Å². The maximum absolute atomic E-state index is 10.2. The Morgan fingerprint density at radius 3 is 1.50 bits per heavy atom. The van der Waals surface area contributed by atoms with Crippen LogP contribution < -0.4 is 10.6 Å². The molecule has 0 unspecified atom stereocenters. The molecule has 2 aromatic carbocycles. The second kappa shape index (κ2) is 9.21. The van der Waals surface area contributed by atoms with Gasteiger partial charge in [0, 0.05) is 22.1 Å². The van der Waals surface area contributed by atoms with E-state index in [0.29, 0.717) is 22.4 Å². The number of aromatic nitrogens is 1. The molecule has 2 aliphatic rings. The summed E-state index contributed by atoms with van der Waals surface area (Å²) >= 11 is 0. The highest BCUT2D eigenvalue weighted by Crippen LogP contribution is 2.27. The maximum Gasteiger partial charge on any atom is 0.156 e. The number of ether oxygens (including phenoxy) is 2.